The van der Waals surface area contributed by atoms with Crippen molar-refractivity contribution in [3.05, 3.63) is 58.1 Å². The minimum atomic E-state index is -0.307. The summed E-state index contributed by atoms with van der Waals surface area (Å²) in [7, 11) is 0. The van der Waals surface area contributed by atoms with Crippen molar-refractivity contribution in [2.75, 3.05) is 5.32 Å². The molecule has 110 valence electrons. The zero-order valence-electron chi connectivity index (χ0n) is 11.0. The van der Waals surface area contributed by atoms with E-state index in [2.05, 4.69) is 25.9 Å². The summed E-state index contributed by atoms with van der Waals surface area (Å²) < 4.78 is 0. The molecule has 2 aromatic carbocycles. The Morgan fingerprint density at radius 1 is 1.09 bits per heavy atom. The molecule has 1 heterocycles. The van der Waals surface area contributed by atoms with Crippen LogP contribution in [-0.2, 0) is 0 Å². The largest absolute Gasteiger partial charge is 0.321 e. The van der Waals surface area contributed by atoms with Crippen molar-refractivity contribution in [2.24, 2.45) is 0 Å². The minimum Gasteiger partial charge on any atom is -0.321 e. The van der Waals surface area contributed by atoms with E-state index in [1.54, 1.807) is 42.5 Å². The molecule has 0 spiro atoms. The first-order valence-electron chi connectivity index (χ1n) is 6.24. The number of rotatable bonds is 3. The Hall–Kier alpha value is -2.44. The van der Waals surface area contributed by atoms with Crippen LogP contribution in [0, 0.1) is 0 Å². The van der Waals surface area contributed by atoms with Gasteiger partial charge in [-0.1, -0.05) is 29.3 Å². The van der Waals surface area contributed by atoms with E-state index < -0.39 is 0 Å². The molecule has 0 fully saturated rings. The van der Waals surface area contributed by atoms with Crippen molar-refractivity contribution in [3.63, 3.8) is 0 Å². The summed E-state index contributed by atoms with van der Waals surface area (Å²) in [6.07, 6.45) is 0. The number of carbonyl (C=O) groups is 1. The van der Waals surface area contributed by atoms with Crippen molar-refractivity contribution in [1.82, 2.24) is 20.6 Å². The Labute approximate surface area is 135 Å². The summed E-state index contributed by atoms with van der Waals surface area (Å²) in [5.41, 5.74) is 1.56. The lowest BCUT2D eigenvalue weighted by Crippen LogP contribution is -2.12. The van der Waals surface area contributed by atoms with Crippen LogP contribution in [0.4, 0.5) is 5.69 Å². The molecule has 22 heavy (non-hydrogen) atoms. The lowest BCUT2D eigenvalue weighted by molar-refractivity contribution is 0.102. The zero-order chi connectivity index (χ0) is 15.5. The molecule has 0 bridgehead atoms. The van der Waals surface area contributed by atoms with E-state index in [4.69, 9.17) is 23.2 Å². The predicted octanol–water partition coefficient (Wildman–Crippen LogP) is 3.43. The number of carbonyl (C=O) groups excluding carboxylic acids is 1. The van der Waals surface area contributed by atoms with Crippen LogP contribution < -0.4 is 5.32 Å². The highest BCUT2D eigenvalue weighted by molar-refractivity contribution is 6.31. The van der Waals surface area contributed by atoms with Crippen molar-refractivity contribution in [2.45, 2.75) is 0 Å². The summed E-state index contributed by atoms with van der Waals surface area (Å²) in [5, 5.41) is 17.3. The van der Waals surface area contributed by atoms with Gasteiger partial charge in [-0.05, 0) is 46.8 Å². The standard InChI is InChI=1S/C14H9Cl2N5O/c15-9-3-1-2-8(6-9)14(22)17-12-7-10(16)4-5-11(12)13-18-20-21-19-13/h1-7H,(H,17,22)(H,18,19,20,21). The quantitative estimate of drug-likeness (QED) is 0.769. The summed E-state index contributed by atoms with van der Waals surface area (Å²) >= 11 is 11.9. The van der Waals surface area contributed by atoms with Gasteiger partial charge in [0.15, 0.2) is 5.82 Å². The number of nitrogens with zero attached hydrogens (tertiary/aromatic N) is 3. The Bertz CT molecular complexity index is 820. The molecular weight excluding hydrogens is 325 g/mol. The Morgan fingerprint density at radius 2 is 1.91 bits per heavy atom. The SMILES string of the molecule is O=C(Nc1cc(Cl)ccc1-c1nnn[nH]1)c1cccc(Cl)c1. The second-order valence-electron chi connectivity index (χ2n) is 4.40. The van der Waals surface area contributed by atoms with Crippen LogP contribution >= 0.6 is 23.2 Å². The molecule has 0 unspecified atom stereocenters. The van der Waals surface area contributed by atoms with Crippen LogP contribution in [0.5, 0.6) is 0 Å². The Kier molecular flexibility index (Phi) is 4.04. The van der Waals surface area contributed by atoms with E-state index in [1.807, 2.05) is 0 Å². The van der Waals surface area contributed by atoms with Crippen molar-refractivity contribution < 1.29 is 4.79 Å². The number of nitrogens with one attached hydrogen (secondary N) is 2. The van der Waals surface area contributed by atoms with Crippen LogP contribution in [0.3, 0.4) is 0 Å². The molecule has 0 aliphatic heterocycles. The number of hydrogen-bond donors (Lipinski definition) is 2. The summed E-state index contributed by atoms with van der Waals surface area (Å²) in [6.45, 7) is 0. The van der Waals surface area contributed by atoms with E-state index in [-0.39, 0.29) is 5.91 Å². The van der Waals surface area contributed by atoms with Gasteiger partial charge in [-0.3, -0.25) is 4.79 Å². The van der Waals surface area contributed by atoms with Gasteiger partial charge in [0.1, 0.15) is 0 Å². The van der Waals surface area contributed by atoms with Gasteiger partial charge in [-0.25, -0.2) is 5.10 Å². The van der Waals surface area contributed by atoms with E-state index in [1.165, 1.54) is 0 Å². The maximum Gasteiger partial charge on any atom is 0.255 e. The first kappa shape index (κ1) is 14.5. The van der Waals surface area contributed by atoms with Crippen LogP contribution in [0.15, 0.2) is 42.5 Å². The number of hydrogen-bond acceptors (Lipinski definition) is 4. The van der Waals surface area contributed by atoms with Gasteiger partial charge in [-0.15, -0.1) is 5.10 Å². The fourth-order valence-electron chi connectivity index (χ4n) is 1.92. The average molecular weight is 334 g/mol. The van der Waals surface area contributed by atoms with Gasteiger partial charge in [0.2, 0.25) is 0 Å². The fraction of sp³-hybridized carbons (Fsp3) is 0. The number of H-pyrrole nitrogens is 1. The molecule has 1 amide bonds. The van der Waals surface area contributed by atoms with Gasteiger partial charge < -0.3 is 5.32 Å². The van der Waals surface area contributed by atoms with Gasteiger partial charge in [0, 0.05) is 21.2 Å². The van der Waals surface area contributed by atoms with Crippen molar-refractivity contribution in [3.8, 4) is 11.4 Å². The molecule has 0 radical (unpaired) electrons. The summed E-state index contributed by atoms with van der Waals surface area (Å²) in [5.74, 6) is 0.122. The third kappa shape index (κ3) is 3.08. The van der Waals surface area contributed by atoms with Gasteiger partial charge in [0.25, 0.3) is 5.91 Å². The van der Waals surface area contributed by atoms with Crippen molar-refractivity contribution >= 4 is 34.8 Å². The van der Waals surface area contributed by atoms with Crippen LogP contribution in [-0.4, -0.2) is 26.5 Å². The molecule has 0 saturated heterocycles. The van der Waals surface area contributed by atoms with Gasteiger partial charge in [0.05, 0.1) is 5.69 Å². The van der Waals surface area contributed by atoms with Crippen molar-refractivity contribution in [1.29, 1.82) is 0 Å². The molecule has 3 rings (SSSR count). The first-order valence-corrected chi connectivity index (χ1v) is 6.99. The lowest BCUT2D eigenvalue weighted by atomic mass is 10.1. The maximum atomic E-state index is 12.3. The minimum absolute atomic E-state index is 0.307. The zero-order valence-corrected chi connectivity index (χ0v) is 12.6. The Morgan fingerprint density at radius 3 is 2.64 bits per heavy atom. The van der Waals surface area contributed by atoms with Crippen LogP contribution in [0.2, 0.25) is 10.0 Å². The number of aromatic nitrogens is 4. The summed E-state index contributed by atoms with van der Waals surface area (Å²) in [4.78, 5) is 12.3. The lowest BCUT2D eigenvalue weighted by Gasteiger charge is -2.10. The number of benzene rings is 2. The average Bonchev–Trinajstić information content (AvgIpc) is 3.01. The number of halogens is 2. The summed E-state index contributed by atoms with van der Waals surface area (Å²) in [6, 6.07) is 11.7. The van der Waals surface area contributed by atoms with E-state index >= 15 is 0 Å². The van der Waals surface area contributed by atoms with E-state index in [0.29, 0.717) is 32.7 Å². The highest BCUT2D eigenvalue weighted by Crippen LogP contribution is 2.28. The predicted molar refractivity (Wildman–Crippen MR) is 84.0 cm³/mol. The maximum absolute atomic E-state index is 12.3. The molecule has 1 aromatic heterocycles. The molecule has 2 N–H and O–H groups in total. The molecule has 3 aromatic rings. The van der Waals surface area contributed by atoms with Crippen LogP contribution in [0.25, 0.3) is 11.4 Å². The number of anilines is 1. The normalized spacial score (nSPS) is 10.5. The molecule has 0 atom stereocenters. The number of amides is 1. The second kappa shape index (κ2) is 6.13. The molecule has 0 aliphatic rings. The number of aromatic amines is 1. The second-order valence-corrected chi connectivity index (χ2v) is 5.28. The van der Waals surface area contributed by atoms with Gasteiger partial charge >= 0.3 is 0 Å². The molecule has 0 aliphatic carbocycles. The fourth-order valence-corrected chi connectivity index (χ4v) is 2.29. The van der Waals surface area contributed by atoms with Crippen LogP contribution in [0.1, 0.15) is 10.4 Å². The highest BCUT2D eigenvalue weighted by atomic mass is 35.5. The Balaban J connectivity index is 1.95. The van der Waals surface area contributed by atoms with Gasteiger partial charge in [-0.2, -0.15) is 0 Å². The molecule has 8 heteroatoms. The third-order valence-corrected chi connectivity index (χ3v) is 3.39. The highest BCUT2D eigenvalue weighted by Gasteiger charge is 2.13. The van der Waals surface area contributed by atoms with E-state index in [0.717, 1.165) is 0 Å². The van der Waals surface area contributed by atoms with E-state index in [9.17, 15) is 4.79 Å². The molecular formula is C14H9Cl2N5O. The molecule has 0 saturated carbocycles. The monoisotopic (exact) mass is 333 g/mol. The first-order chi connectivity index (χ1) is 10.6. The smallest absolute Gasteiger partial charge is 0.255 e. The third-order valence-electron chi connectivity index (χ3n) is 2.92. The topological polar surface area (TPSA) is 83.6 Å². The molecule has 6 nitrogen and oxygen atoms in total. The number of tetrazole rings is 1.